The van der Waals surface area contributed by atoms with Crippen molar-refractivity contribution < 1.29 is 5.11 Å². The van der Waals surface area contributed by atoms with E-state index in [9.17, 15) is 5.11 Å². The minimum atomic E-state index is -0.367. The van der Waals surface area contributed by atoms with Crippen LogP contribution in [0.15, 0.2) is 24.3 Å². The molecule has 1 unspecified atom stereocenters. The van der Waals surface area contributed by atoms with E-state index in [0.717, 1.165) is 5.56 Å². The van der Waals surface area contributed by atoms with Gasteiger partial charge in [0, 0.05) is 12.0 Å². The Bertz CT molecular complexity index is 369. The van der Waals surface area contributed by atoms with Gasteiger partial charge in [0.1, 0.15) is 0 Å². The molecule has 1 atom stereocenters. The van der Waals surface area contributed by atoms with Crippen LogP contribution in [0.4, 0.5) is 0 Å². The molecule has 1 saturated carbocycles. The van der Waals surface area contributed by atoms with Crippen LogP contribution in [-0.2, 0) is 5.41 Å². The van der Waals surface area contributed by atoms with Crippen LogP contribution in [0.25, 0.3) is 0 Å². The Hall–Kier alpha value is -0.860. The zero-order valence-corrected chi connectivity index (χ0v) is 10.1. The molecule has 1 aliphatic carbocycles. The first-order chi connectivity index (χ1) is 7.59. The average Bonchev–Trinajstić information content (AvgIpc) is 3.09. The third kappa shape index (κ3) is 2.00. The SMILES string of the molecule is CC(C)C(O)c1cccc(C2(CN)CC2)c1. The van der Waals surface area contributed by atoms with Crippen molar-refractivity contribution in [2.75, 3.05) is 6.54 Å². The number of aliphatic hydroxyl groups is 1. The molecule has 0 bridgehead atoms. The summed E-state index contributed by atoms with van der Waals surface area (Å²) in [4.78, 5) is 0. The van der Waals surface area contributed by atoms with E-state index < -0.39 is 0 Å². The molecular weight excluding hydrogens is 198 g/mol. The highest BCUT2D eigenvalue weighted by molar-refractivity contribution is 5.36. The fourth-order valence-corrected chi connectivity index (χ4v) is 2.20. The van der Waals surface area contributed by atoms with Crippen molar-refractivity contribution in [3.05, 3.63) is 35.4 Å². The summed E-state index contributed by atoms with van der Waals surface area (Å²) in [5.41, 5.74) is 8.36. The van der Waals surface area contributed by atoms with Gasteiger partial charge in [0.15, 0.2) is 0 Å². The highest BCUT2D eigenvalue weighted by Gasteiger charge is 2.42. The van der Waals surface area contributed by atoms with Crippen LogP contribution in [0.1, 0.15) is 43.9 Å². The maximum Gasteiger partial charge on any atom is 0.0813 e. The number of rotatable bonds is 4. The van der Waals surface area contributed by atoms with Gasteiger partial charge in [0.25, 0.3) is 0 Å². The van der Waals surface area contributed by atoms with Crippen LogP contribution in [0.3, 0.4) is 0 Å². The summed E-state index contributed by atoms with van der Waals surface area (Å²) in [6, 6.07) is 8.30. The van der Waals surface area contributed by atoms with E-state index >= 15 is 0 Å². The maximum atomic E-state index is 10.0. The third-order valence-electron chi connectivity index (χ3n) is 3.72. The zero-order chi connectivity index (χ0) is 11.8. The molecular formula is C14H21NO. The number of hydrogen-bond donors (Lipinski definition) is 2. The minimum Gasteiger partial charge on any atom is -0.388 e. The highest BCUT2D eigenvalue weighted by Crippen LogP contribution is 2.47. The summed E-state index contributed by atoms with van der Waals surface area (Å²) in [6.45, 7) is 4.79. The Morgan fingerprint density at radius 2 is 2.06 bits per heavy atom. The van der Waals surface area contributed by atoms with Crippen LogP contribution in [0.5, 0.6) is 0 Å². The number of hydrogen-bond acceptors (Lipinski definition) is 2. The Labute approximate surface area is 97.5 Å². The lowest BCUT2D eigenvalue weighted by molar-refractivity contribution is 0.127. The lowest BCUT2D eigenvalue weighted by atomic mass is 9.91. The van der Waals surface area contributed by atoms with Crippen molar-refractivity contribution in [1.82, 2.24) is 0 Å². The molecule has 2 rings (SSSR count). The summed E-state index contributed by atoms with van der Waals surface area (Å²) in [5, 5.41) is 10.0. The van der Waals surface area contributed by atoms with Gasteiger partial charge in [-0.3, -0.25) is 0 Å². The standard InChI is InChI=1S/C14H21NO/c1-10(2)13(16)11-4-3-5-12(8-11)14(9-15)6-7-14/h3-5,8,10,13,16H,6-7,9,15H2,1-2H3. The third-order valence-corrected chi connectivity index (χ3v) is 3.72. The van der Waals surface area contributed by atoms with Gasteiger partial charge in [-0.1, -0.05) is 38.1 Å². The molecule has 2 heteroatoms. The predicted octanol–water partition coefficient (Wildman–Crippen LogP) is 2.37. The smallest absolute Gasteiger partial charge is 0.0813 e. The van der Waals surface area contributed by atoms with Gasteiger partial charge < -0.3 is 10.8 Å². The summed E-state index contributed by atoms with van der Waals surface area (Å²) in [5.74, 6) is 0.253. The first-order valence-electron chi connectivity index (χ1n) is 6.08. The van der Waals surface area contributed by atoms with Gasteiger partial charge >= 0.3 is 0 Å². The largest absolute Gasteiger partial charge is 0.388 e. The fraction of sp³-hybridized carbons (Fsp3) is 0.571. The molecule has 0 spiro atoms. The lowest BCUT2D eigenvalue weighted by Gasteiger charge is -2.18. The van der Waals surface area contributed by atoms with Crippen LogP contribution >= 0.6 is 0 Å². The molecule has 88 valence electrons. The first-order valence-corrected chi connectivity index (χ1v) is 6.08. The van der Waals surface area contributed by atoms with Crippen molar-refractivity contribution in [1.29, 1.82) is 0 Å². The van der Waals surface area contributed by atoms with E-state index in [-0.39, 0.29) is 17.4 Å². The van der Waals surface area contributed by atoms with E-state index in [2.05, 4.69) is 12.1 Å². The molecule has 0 aliphatic heterocycles. The summed E-state index contributed by atoms with van der Waals surface area (Å²) < 4.78 is 0. The van der Waals surface area contributed by atoms with Gasteiger partial charge in [0.2, 0.25) is 0 Å². The average molecular weight is 219 g/mol. The topological polar surface area (TPSA) is 46.2 Å². The maximum absolute atomic E-state index is 10.0. The van der Waals surface area contributed by atoms with Crippen molar-refractivity contribution >= 4 is 0 Å². The zero-order valence-electron chi connectivity index (χ0n) is 10.1. The van der Waals surface area contributed by atoms with Crippen LogP contribution in [-0.4, -0.2) is 11.7 Å². The van der Waals surface area contributed by atoms with Crippen LogP contribution in [0, 0.1) is 5.92 Å². The van der Waals surface area contributed by atoms with Crippen LogP contribution in [0.2, 0.25) is 0 Å². The van der Waals surface area contributed by atoms with E-state index in [1.165, 1.54) is 18.4 Å². The van der Waals surface area contributed by atoms with Gasteiger partial charge in [0.05, 0.1) is 6.10 Å². The summed E-state index contributed by atoms with van der Waals surface area (Å²) in [6.07, 6.45) is 2.00. The second kappa shape index (κ2) is 4.19. The summed E-state index contributed by atoms with van der Waals surface area (Å²) in [7, 11) is 0. The predicted molar refractivity (Wildman–Crippen MR) is 66.2 cm³/mol. The molecule has 3 N–H and O–H groups in total. The van der Waals surface area contributed by atoms with Gasteiger partial charge in [-0.15, -0.1) is 0 Å². The number of benzene rings is 1. The Morgan fingerprint density at radius 3 is 2.56 bits per heavy atom. The number of nitrogens with two attached hydrogens (primary N) is 1. The molecule has 16 heavy (non-hydrogen) atoms. The minimum absolute atomic E-state index is 0.215. The second-order valence-electron chi connectivity index (χ2n) is 5.30. The molecule has 1 fully saturated rings. The van der Waals surface area contributed by atoms with E-state index in [0.29, 0.717) is 6.54 Å². The van der Waals surface area contributed by atoms with Crippen LogP contribution < -0.4 is 5.73 Å². The highest BCUT2D eigenvalue weighted by atomic mass is 16.3. The Morgan fingerprint density at radius 1 is 1.38 bits per heavy atom. The molecule has 0 amide bonds. The molecule has 0 aromatic heterocycles. The molecule has 1 aromatic carbocycles. The number of aliphatic hydroxyl groups excluding tert-OH is 1. The molecule has 0 saturated heterocycles. The van der Waals surface area contributed by atoms with Crippen molar-refractivity contribution in [3.8, 4) is 0 Å². The quantitative estimate of drug-likeness (QED) is 0.816. The lowest BCUT2D eigenvalue weighted by Crippen LogP contribution is -2.20. The first kappa shape index (κ1) is 11.6. The fourth-order valence-electron chi connectivity index (χ4n) is 2.20. The van der Waals surface area contributed by atoms with E-state index in [1.807, 2.05) is 26.0 Å². The van der Waals surface area contributed by atoms with Gasteiger partial charge in [-0.2, -0.15) is 0 Å². The van der Waals surface area contributed by atoms with Crippen molar-refractivity contribution in [2.45, 2.75) is 38.2 Å². The van der Waals surface area contributed by atoms with Crippen molar-refractivity contribution in [2.24, 2.45) is 11.7 Å². The molecule has 2 nitrogen and oxygen atoms in total. The van der Waals surface area contributed by atoms with Gasteiger partial charge in [-0.25, -0.2) is 0 Å². The molecule has 1 aromatic rings. The van der Waals surface area contributed by atoms with E-state index in [4.69, 9.17) is 5.73 Å². The van der Waals surface area contributed by atoms with Gasteiger partial charge in [-0.05, 0) is 29.9 Å². The summed E-state index contributed by atoms with van der Waals surface area (Å²) >= 11 is 0. The molecule has 1 aliphatic rings. The molecule has 0 radical (unpaired) electrons. The second-order valence-corrected chi connectivity index (χ2v) is 5.30. The normalized spacial score (nSPS) is 19.8. The Balaban J connectivity index is 2.27. The Kier molecular flexibility index (Phi) is 3.04. The monoisotopic (exact) mass is 219 g/mol. The van der Waals surface area contributed by atoms with E-state index in [1.54, 1.807) is 0 Å². The van der Waals surface area contributed by atoms with Crippen molar-refractivity contribution in [3.63, 3.8) is 0 Å². The molecule has 0 heterocycles.